The fraction of sp³-hybridized carbons (Fsp3) is 0.393. The van der Waals surface area contributed by atoms with Crippen molar-refractivity contribution in [1.82, 2.24) is 25.9 Å². The molecule has 1 fully saturated rings. The first-order valence-corrected chi connectivity index (χ1v) is 13.6. The molecule has 0 bridgehead atoms. The highest BCUT2D eigenvalue weighted by atomic mass is 35.5. The Kier molecular flexibility index (Phi) is 7.77. The van der Waals surface area contributed by atoms with E-state index in [4.69, 9.17) is 11.6 Å². The minimum absolute atomic E-state index is 0.00978. The quantitative estimate of drug-likeness (QED) is 0.154. The molecule has 1 aliphatic heterocycles. The van der Waals surface area contributed by atoms with Crippen LogP contribution in [0.4, 0.5) is 37.7 Å². The highest BCUT2D eigenvalue weighted by Gasteiger charge is 2.56. The largest absolute Gasteiger partial charge is 0.395 e. The molecule has 1 saturated carbocycles. The van der Waals surface area contributed by atoms with Crippen LogP contribution in [0.5, 0.6) is 0 Å². The lowest BCUT2D eigenvalue weighted by Gasteiger charge is -2.29. The molecule has 0 amide bonds. The van der Waals surface area contributed by atoms with Crippen molar-refractivity contribution in [3.8, 4) is 6.07 Å². The maximum absolute atomic E-state index is 13.9. The van der Waals surface area contributed by atoms with E-state index in [9.17, 15) is 31.6 Å². The van der Waals surface area contributed by atoms with Crippen molar-refractivity contribution in [2.75, 3.05) is 17.2 Å². The topological polar surface area (TPSA) is 101 Å². The Morgan fingerprint density at radius 1 is 1.21 bits per heavy atom. The third-order valence-electron chi connectivity index (χ3n) is 7.78. The Morgan fingerprint density at radius 3 is 2.53 bits per heavy atom. The van der Waals surface area contributed by atoms with Crippen LogP contribution >= 0.6 is 11.6 Å². The van der Waals surface area contributed by atoms with Gasteiger partial charge in [-0.25, -0.2) is 13.8 Å². The summed E-state index contributed by atoms with van der Waals surface area (Å²) in [7, 11) is 0. The summed E-state index contributed by atoms with van der Waals surface area (Å²) in [5.41, 5.74) is 4.18. The zero-order chi connectivity index (χ0) is 31.3. The summed E-state index contributed by atoms with van der Waals surface area (Å²) in [5, 5.41) is 17.5. The molecule has 1 aliphatic carbocycles. The summed E-state index contributed by atoms with van der Waals surface area (Å²) in [5.74, 6) is -0.705. The van der Waals surface area contributed by atoms with Crippen molar-refractivity contribution in [2.24, 2.45) is 5.41 Å². The Morgan fingerprint density at radius 2 is 1.93 bits per heavy atom. The number of benzene rings is 1. The second-order valence-electron chi connectivity index (χ2n) is 11.2. The van der Waals surface area contributed by atoms with Crippen LogP contribution in [0.3, 0.4) is 0 Å². The van der Waals surface area contributed by atoms with Crippen LogP contribution in [0, 0.1) is 29.6 Å². The normalized spacial score (nSPS) is 17.0. The van der Waals surface area contributed by atoms with Crippen molar-refractivity contribution in [2.45, 2.75) is 57.8 Å². The van der Waals surface area contributed by atoms with Crippen LogP contribution in [0.1, 0.15) is 49.6 Å². The molecule has 1 atom stereocenters. The highest BCUT2D eigenvalue weighted by Crippen LogP contribution is 2.47. The molecule has 8 nitrogen and oxygen atoms in total. The van der Waals surface area contributed by atoms with Crippen LogP contribution in [-0.2, 0) is 0 Å². The molecule has 3 aromatic rings. The highest BCUT2D eigenvalue weighted by molar-refractivity contribution is 6.35. The second-order valence-corrected chi connectivity index (χ2v) is 11.6. The fourth-order valence-electron chi connectivity index (χ4n) is 4.77. The summed E-state index contributed by atoms with van der Waals surface area (Å²) in [6.07, 6.45) is -3.81. The predicted molar refractivity (Wildman–Crippen MR) is 149 cm³/mol. The van der Waals surface area contributed by atoms with Crippen molar-refractivity contribution in [1.29, 1.82) is 5.26 Å². The van der Waals surface area contributed by atoms with Crippen molar-refractivity contribution in [3.63, 3.8) is 0 Å². The van der Waals surface area contributed by atoms with Gasteiger partial charge in [0.2, 0.25) is 5.95 Å². The number of nitriles is 1. The van der Waals surface area contributed by atoms with Crippen molar-refractivity contribution in [3.05, 3.63) is 70.2 Å². The number of nitrogens with one attached hydrogen (secondary N) is 4. The van der Waals surface area contributed by atoms with Gasteiger partial charge in [-0.1, -0.05) is 17.7 Å². The molecule has 2 aliphatic rings. The molecule has 4 N–H and O–H groups in total. The molecule has 0 spiro atoms. The lowest BCUT2D eigenvalue weighted by molar-refractivity contribution is -0.206. The van der Waals surface area contributed by atoms with Gasteiger partial charge in [-0.05, 0) is 51.8 Å². The molecule has 0 radical (unpaired) electrons. The minimum atomic E-state index is -4.51. The Hall–Kier alpha value is -3.96. The first-order valence-electron chi connectivity index (χ1n) is 13.2. The molecule has 3 heterocycles. The van der Waals surface area contributed by atoms with Crippen LogP contribution in [0.2, 0.25) is 5.02 Å². The number of hydrogen-bond donors (Lipinski definition) is 4. The number of halogens is 7. The van der Waals surface area contributed by atoms with Crippen molar-refractivity contribution >= 4 is 33.9 Å². The van der Waals surface area contributed by atoms with Gasteiger partial charge in [-0.15, -0.1) is 5.53 Å². The van der Waals surface area contributed by atoms with Crippen LogP contribution in [0.25, 0.3) is 10.9 Å². The van der Waals surface area contributed by atoms with Gasteiger partial charge >= 0.3 is 6.18 Å². The summed E-state index contributed by atoms with van der Waals surface area (Å²) < 4.78 is 82.3. The molecule has 2 aromatic heterocycles. The minimum Gasteiger partial charge on any atom is -0.382 e. The lowest BCUT2D eigenvalue weighted by Crippen LogP contribution is -2.48. The van der Waals surface area contributed by atoms with E-state index < -0.39 is 42.1 Å². The van der Waals surface area contributed by atoms with Gasteiger partial charge < -0.3 is 16.1 Å². The number of aryl methyl sites for hydroxylation is 1. The van der Waals surface area contributed by atoms with E-state index in [-0.39, 0.29) is 40.0 Å². The summed E-state index contributed by atoms with van der Waals surface area (Å²) in [6.45, 7) is 3.14. The molecular formula is C28H27ClF6N8. The van der Waals surface area contributed by atoms with E-state index in [0.717, 1.165) is 13.8 Å². The number of aromatic nitrogens is 2. The van der Waals surface area contributed by atoms with Crippen LogP contribution < -0.4 is 21.6 Å². The van der Waals surface area contributed by atoms with Gasteiger partial charge in [0.15, 0.2) is 0 Å². The predicted octanol–water partition coefficient (Wildman–Crippen LogP) is 6.72. The van der Waals surface area contributed by atoms with E-state index in [1.165, 1.54) is 35.6 Å². The standard InChI is InChI=1S/C28H27ClF6N8/c1-14-17(4-5-21(30)39-14)24(20-12-43(42-41-20)27(6-7-27)25(31)32)40-16-8-18-22(38-13-26(2,3)28(33,34)35)15(10-36)11-37-23(18)19(29)9-16/h4-5,8-9,11-12,24-25,40-42H,6-7,13H2,1-3H3,(H,37,38)/t24-/m0/s1. The van der Waals surface area contributed by atoms with Gasteiger partial charge in [-0.3, -0.25) is 9.99 Å². The molecule has 228 valence electrons. The van der Waals surface area contributed by atoms with Crippen LogP contribution in [0.15, 0.2) is 42.4 Å². The van der Waals surface area contributed by atoms with Gasteiger partial charge in [0, 0.05) is 41.3 Å². The van der Waals surface area contributed by atoms with E-state index in [2.05, 4.69) is 31.6 Å². The van der Waals surface area contributed by atoms with Gasteiger partial charge in [0.25, 0.3) is 6.43 Å². The average molecular weight is 625 g/mol. The van der Waals surface area contributed by atoms with E-state index in [1.54, 1.807) is 13.0 Å². The smallest absolute Gasteiger partial charge is 0.382 e. The lowest BCUT2D eigenvalue weighted by atomic mass is 9.92. The number of alkyl halides is 5. The number of fused-ring (bicyclic) bond motifs is 1. The maximum Gasteiger partial charge on any atom is 0.395 e. The Labute approximate surface area is 248 Å². The molecule has 1 aromatic carbocycles. The van der Waals surface area contributed by atoms with E-state index in [0.29, 0.717) is 22.6 Å². The van der Waals surface area contributed by atoms with Crippen molar-refractivity contribution < 1.29 is 26.3 Å². The second kappa shape index (κ2) is 10.9. The maximum atomic E-state index is 13.9. The van der Waals surface area contributed by atoms with Gasteiger partial charge in [0.05, 0.1) is 38.9 Å². The Balaban J connectivity index is 1.57. The monoisotopic (exact) mass is 624 g/mol. The fourth-order valence-corrected chi connectivity index (χ4v) is 5.04. The molecular weight excluding hydrogens is 598 g/mol. The van der Waals surface area contributed by atoms with Crippen LogP contribution in [-0.4, -0.2) is 39.7 Å². The third kappa shape index (κ3) is 5.71. The molecule has 43 heavy (non-hydrogen) atoms. The summed E-state index contributed by atoms with van der Waals surface area (Å²) >= 11 is 6.57. The number of nitrogens with zero attached hydrogens (tertiary/aromatic N) is 4. The zero-order valence-corrected chi connectivity index (χ0v) is 23.9. The average Bonchev–Trinajstić information content (AvgIpc) is 3.60. The molecule has 0 saturated heterocycles. The number of hydrogen-bond acceptors (Lipinski definition) is 8. The zero-order valence-electron chi connectivity index (χ0n) is 23.2. The van der Waals surface area contributed by atoms with E-state index >= 15 is 0 Å². The third-order valence-corrected chi connectivity index (χ3v) is 8.07. The number of pyridine rings is 2. The van der Waals surface area contributed by atoms with E-state index in [1.807, 2.05) is 6.07 Å². The number of anilines is 2. The number of hydrazine groups is 2. The first kappa shape index (κ1) is 30.5. The molecule has 0 unspecified atom stereocenters. The SMILES string of the molecule is Cc1nc(F)ccc1[C@H](Nc1cc(Cl)c2ncc(C#N)c(NCC(C)(C)C(F)(F)F)c2c1)C1=CN(C2(C(F)F)CC2)NN1. The molecule has 15 heteroatoms. The Bertz CT molecular complexity index is 1630. The van der Waals surface area contributed by atoms with Gasteiger partial charge in [-0.2, -0.15) is 22.8 Å². The summed E-state index contributed by atoms with van der Waals surface area (Å²) in [4.78, 5) is 8.14. The van der Waals surface area contributed by atoms with Gasteiger partial charge in [0.1, 0.15) is 11.6 Å². The number of rotatable bonds is 9. The first-order chi connectivity index (χ1) is 20.2. The summed E-state index contributed by atoms with van der Waals surface area (Å²) in [6, 6.07) is 6.94. The molecule has 5 rings (SSSR count).